The molecule has 2 aliphatic rings. The third-order valence-electron chi connectivity index (χ3n) is 5.28. The van der Waals surface area contributed by atoms with Crippen molar-refractivity contribution in [3.63, 3.8) is 0 Å². The number of piperidine rings is 1. The summed E-state index contributed by atoms with van der Waals surface area (Å²) in [6, 6.07) is 7.20. The van der Waals surface area contributed by atoms with Crippen LogP contribution in [0.4, 0.5) is 4.39 Å². The molecular formula is C19H19FN4O2. The van der Waals surface area contributed by atoms with Gasteiger partial charge in [0.1, 0.15) is 17.4 Å². The van der Waals surface area contributed by atoms with Gasteiger partial charge in [-0.3, -0.25) is 9.88 Å². The number of halogens is 1. The molecule has 2 aromatic heterocycles. The molecule has 0 radical (unpaired) electrons. The molecule has 0 saturated carbocycles. The molecule has 6 nitrogen and oxygen atoms in total. The van der Waals surface area contributed by atoms with Gasteiger partial charge in [-0.05, 0) is 31.5 Å². The normalized spacial score (nSPS) is 23.9. The summed E-state index contributed by atoms with van der Waals surface area (Å²) in [6.45, 7) is 2.62. The van der Waals surface area contributed by atoms with Crippen LogP contribution in [0.1, 0.15) is 31.2 Å². The fraction of sp³-hybridized carbons (Fsp3) is 0.421. The van der Waals surface area contributed by atoms with Crippen LogP contribution in [-0.2, 0) is 4.74 Å². The van der Waals surface area contributed by atoms with E-state index in [1.807, 2.05) is 12.1 Å². The van der Waals surface area contributed by atoms with E-state index in [1.165, 1.54) is 25.3 Å². The second-order valence-corrected chi connectivity index (χ2v) is 6.96. The molecule has 2 unspecified atom stereocenters. The van der Waals surface area contributed by atoms with Gasteiger partial charge in [0.15, 0.2) is 0 Å². The average molecular weight is 354 g/mol. The van der Waals surface area contributed by atoms with E-state index < -0.39 is 0 Å². The number of morpholine rings is 1. The van der Waals surface area contributed by atoms with E-state index in [1.54, 1.807) is 12.3 Å². The van der Waals surface area contributed by atoms with Crippen molar-refractivity contribution in [2.75, 3.05) is 19.7 Å². The number of hydrogen-bond acceptors (Lipinski definition) is 6. The second kappa shape index (κ2) is 6.41. The maximum Gasteiger partial charge on any atom is 0.259 e. The second-order valence-electron chi connectivity index (χ2n) is 6.96. The molecule has 2 fully saturated rings. The molecule has 2 atom stereocenters. The topological polar surface area (TPSA) is 64.3 Å². The summed E-state index contributed by atoms with van der Waals surface area (Å²) in [4.78, 5) is 11.2. The largest absolute Gasteiger partial charge is 0.367 e. The van der Waals surface area contributed by atoms with E-state index in [2.05, 4.69) is 20.0 Å². The first-order valence-corrected chi connectivity index (χ1v) is 9.02. The first kappa shape index (κ1) is 15.8. The third-order valence-corrected chi connectivity index (χ3v) is 5.28. The molecule has 4 heterocycles. The standard InChI is InChI=1S/C19H19FN4O2/c20-15-6-3-4-12-8-13(9-21-17(12)15)19-22-18(23-26-19)16-10-24-7-2-1-5-14(24)11-25-16/h3-4,6,8-9,14,16H,1-2,5,7,10-11H2. The van der Waals surface area contributed by atoms with Crippen molar-refractivity contribution in [2.45, 2.75) is 31.4 Å². The molecule has 1 aromatic carbocycles. The fourth-order valence-electron chi connectivity index (χ4n) is 3.86. The molecule has 0 amide bonds. The molecule has 0 aliphatic carbocycles. The number of benzene rings is 1. The van der Waals surface area contributed by atoms with Crippen LogP contribution in [0.3, 0.4) is 0 Å². The molecule has 5 rings (SSSR count). The van der Waals surface area contributed by atoms with E-state index in [0.29, 0.717) is 40.8 Å². The average Bonchev–Trinajstić information content (AvgIpc) is 3.18. The number of hydrogen-bond donors (Lipinski definition) is 0. The summed E-state index contributed by atoms with van der Waals surface area (Å²) in [5, 5.41) is 4.81. The summed E-state index contributed by atoms with van der Waals surface area (Å²) < 4.78 is 25.2. The molecule has 134 valence electrons. The highest BCUT2D eigenvalue weighted by atomic mass is 19.1. The van der Waals surface area contributed by atoms with Crippen LogP contribution in [0.5, 0.6) is 0 Å². The Labute approximate surface area is 150 Å². The summed E-state index contributed by atoms with van der Waals surface area (Å²) in [5.41, 5.74) is 1.01. The predicted octanol–water partition coefficient (Wildman–Crippen LogP) is 3.35. The van der Waals surface area contributed by atoms with Crippen LogP contribution in [0.15, 0.2) is 35.0 Å². The summed E-state index contributed by atoms with van der Waals surface area (Å²) in [7, 11) is 0. The molecule has 0 bridgehead atoms. The van der Waals surface area contributed by atoms with Gasteiger partial charge in [-0.15, -0.1) is 0 Å². The van der Waals surface area contributed by atoms with Gasteiger partial charge in [0.25, 0.3) is 5.89 Å². The van der Waals surface area contributed by atoms with Gasteiger partial charge >= 0.3 is 0 Å². The van der Waals surface area contributed by atoms with E-state index in [0.717, 1.165) is 13.1 Å². The number of nitrogens with zero attached hydrogens (tertiary/aromatic N) is 4. The smallest absolute Gasteiger partial charge is 0.259 e. The maximum absolute atomic E-state index is 13.8. The minimum Gasteiger partial charge on any atom is -0.367 e. The van der Waals surface area contributed by atoms with Gasteiger partial charge in [0, 0.05) is 24.2 Å². The van der Waals surface area contributed by atoms with E-state index in [-0.39, 0.29) is 11.9 Å². The summed E-state index contributed by atoms with van der Waals surface area (Å²) in [6.07, 6.45) is 5.10. The number of ether oxygens (including phenoxy) is 1. The van der Waals surface area contributed by atoms with E-state index >= 15 is 0 Å². The lowest BCUT2D eigenvalue weighted by Crippen LogP contribution is -2.49. The van der Waals surface area contributed by atoms with Crippen LogP contribution < -0.4 is 0 Å². The molecule has 26 heavy (non-hydrogen) atoms. The quantitative estimate of drug-likeness (QED) is 0.703. The zero-order chi connectivity index (χ0) is 17.5. The highest BCUT2D eigenvalue weighted by Gasteiger charge is 2.33. The number of pyridine rings is 1. The number of fused-ring (bicyclic) bond motifs is 2. The van der Waals surface area contributed by atoms with E-state index in [4.69, 9.17) is 9.26 Å². The van der Waals surface area contributed by atoms with Crippen LogP contribution in [0, 0.1) is 5.82 Å². The Balaban J connectivity index is 1.40. The Hall–Kier alpha value is -2.38. The lowest BCUT2D eigenvalue weighted by atomic mass is 10.0. The van der Waals surface area contributed by atoms with Gasteiger partial charge in [-0.25, -0.2) is 4.39 Å². The van der Waals surface area contributed by atoms with Gasteiger partial charge < -0.3 is 9.26 Å². The van der Waals surface area contributed by atoms with Crippen molar-refractivity contribution in [1.29, 1.82) is 0 Å². The highest BCUT2D eigenvalue weighted by Crippen LogP contribution is 2.30. The molecule has 0 spiro atoms. The number of aromatic nitrogens is 3. The first-order valence-electron chi connectivity index (χ1n) is 9.02. The third kappa shape index (κ3) is 2.77. The molecule has 3 aromatic rings. The van der Waals surface area contributed by atoms with Gasteiger partial charge in [-0.1, -0.05) is 23.7 Å². The monoisotopic (exact) mass is 354 g/mol. The van der Waals surface area contributed by atoms with Gasteiger partial charge in [0.2, 0.25) is 5.82 Å². The Morgan fingerprint density at radius 3 is 3.15 bits per heavy atom. The maximum atomic E-state index is 13.8. The van der Waals surface area contributed by atoms with Crippen molar-refractivity contribution in [3.8, 4) is 11.5 Å². The Morgan fingerprint density at radius 2 is 2.19 bits per heavy atom. The Kier molecular flexibility index (Phi) is 3.90. The zero-order valence-corrected chi connectivity index (χ0v) is 14.3. The van der Waals surface area contributed by atoms with Crippen molar-refractivity contribution in [3.05, 3.63) is 42.1 Å². The first-order chi connectivity index (χ1) is 12.8. The highest BCUT2D eigenvalue weighted by molar-refractivity contribution is 5.82. The Bertz CT molecular complexity index is 944. The van der Waals surface area contributed by atoms with Crippen LogP contribution in [0.25, 0.3) is 22.4 Å². The number of rotatable bonds is 2. The van der Waals surface area contributed by atoms with E-state index in [9.17, 15) is 4.39 Å². The van der Waals surface area contributed by atoms with Crippen molar-refractivity contribution in [1.82, 2.24) is 20.0 Å². The summed E-state index contributed by atoms with van der Waals surface area (Å²) >= 11 is 0. The van der Waals surface area contributed by atoms with Crippen molar-refractivity contribution in [2.24, 2.45) is 0 Å². The SMILES string of the molecule is Fc1cccc2cc(-c3nc(C4CN5CCCCC5CO4)no3)cnc12. The minimum absolute atomic E-state index is 0.173. The molecule has 7 heteroatoms. The fourth-order valence-corrected chi connectivity index (χ4v) is 3.86. The predicted molar refractivity (Wildman–Crippen MR) is 92.9 cm³/mol. The lowest BCUT2D eigenvalue weighted by Gasteiger charge is -2.41. The van der Waals surface area contributed by atoms with Crippen molar-refractivity contribution >= 4 is 10.9 Å². The number of para-hydroxylation sites is 1. The molecule has 0 N–H and O–H groups in total. The van der Waals surface area contributed by atoms with Crippen LogP contribution in [0.2, 0.25) is 0 Å². The van der Waals surface area contributed by atoms with Gasteiger partial charge in [-0.2, -0.15) is 4.98 Å². The van der Waals surface area contributed by atoms with Crippen LogP contribution in [-0.4, -0.2) is 45.8 Å². The van der Waals surface area contributed by atoms with Crippen LogP contribution >= 0.6 is 0 Å². The van der Waals surface area contributed by atoms with Gasteiger partial charge in [0.05, 0.1) is 12.2 Å². The molecular weight excluding hydrogens is 335 g/mol. The molecule has 2 aliphatic heterocycles. The summed E-state index contributed by atoms with van der Waals surface area (Å²) in [5.74, 6) is 0.596. The molecule has 2 saturated heterocycles. The van der Waals surface area contributed by atoms with Crippen molar-refractivity contribution < 1.29 is 13.7 Å². The lowest BCUT2D eigenvalue weighted by molar-refractivity contribution is -0.0805. The minimum atomic E-state index is -0.341. The Morgan fingerprint density at radius 1 is 1.23 bits per heavy atom. The zero-order valence-electron chi connectivity index (χ0n) is 14.3.